The second-order valence-electron chi connectivity index (χ2n) is 5.72. The molecule has 0 spiro atoms. The van der Waals surface area contributed by atoms with E-state index in [9.17, 15) is 9.59 Å². The molecule has 0 aliphatic carbocycles. The molecule has 2 rings (SSSR count). The summed E-state index contributed by atoms with van der Waals surface area (Å²) in [6.45, 7) is 5.06. The second-order valence-corrected chi connectivity index (χ2v) is 5.72. The molecule has 0 aromatic heterocycles. The summed E-state index contributed by atoms with van der Waals surface area (Å²) in [5.41, 5.74) is -0.875. The normalized spacial score (nSPS) is 14.3. The SMILES string of the molecule is CC(NC(=O)C(C)(C)COc1ccc2c(c1)OCO2)C(=O)O. The van der Waals surface area contributed by atoms with Gasteiger partial charge >= 0.3 is 5.97 Å². The number of ether oxygens (including phenoxy) is 3. The summed E-state index contributed by atoms with van der Waals surface area (Å²) in [5, 5.41) is 11.3. The number of nitrogens with one attached hydrogen (secondary N) is 1. The van der Waals surface area contributed by atoms with E-state index in [4.69, 9.17) is 19.3 Å². The van der Waals surface area contributed by atoms with Crippen LogP contribution in [0.4, 0.5) is 0 Å². The van der Waals surface area contributed by atoms with Gasteiger partial charge in [-0.25, -0.2) is 0 Å². The van der Waals surface area contributed by atoms with Gasteiger partial charge in [0.1, 0.15) is 18.4 Å². The van der Waals surface area contributed by atoms with Crippen molar-refractivity contribution in [2.24, 2.45) is 5.41 Å². The van der Waals surface area contributed by atoms with Gasteiger partial charge in [-0.3, -0.25) is 9.59 Å². The van der Waals surface area contributed by atoms with Crippen molar-refractivity contribution in [1.29, 1.82) is 0 Å². The molecular formula is C15H19NO6. The maximum atomic E-state index is 12.1. The van der Waals surface area contributed by atoms with Gasteiger partial charge in [-0.05, 0) is 32.9 Å². The lowest BCUT2D eigenvalue weighted by atomic mass is 9.93. The van der Waals surface area contributed by atoms with Crippen LogP contribution in [0.3, 0.4) is 0 Å². The molecule has 22 heavy (non-hydrogen) atoms. The van der Waals surface area contributed by atoms with Gasteiger partial charge in [-0.15, -0.1) is 0 Å². The molecule has 1 unspecified atom stereocenters. The number of carbonyl (C=O) groups excluding carboxylic acids is 1. The Morgan fingerprint density at radius 1 is 1.36 bits per heavy atom. The highest BCUT2D eigenvalue weighted by atomic mass is 16.7. The van der Waals surface area contributed by atoms with Crippen LogP contribution >= 0.6 is 0 Å². The summed E-state index contributed by atoms with van der Waals surface area (Å²) in [6, 6.07) is 4.20. The van der Waals surface area contributed by atoms with Gasteiger partial charge in [0.15, 0.2) is 11.5 Å². The third-order valence-electron chi connectivity index (χ3n) is 3.28. The largest absolute Gasteiger partial charge is 0.492 e. The van der Waals surface area contributed by atoms with Gasteiger partial charge in [0.25, 0.3) is 0 Å². The maximum absolute atomic E-state index is 12.1. The van der Waals surface area contributed by atoms with Crippen molar-refractivity contribution in [2.45, 2.75) is 26.8 Å². The molecule has 1 atom stereocenters. The van der Waals surface area contributed by atoms with E-state index in [1.807, 2.05) is 0 Å². The van der Waals surface area contributed by atoms with Crippen molar-refractivity contribution >= 4 is 11.9 Å². The van der Waals surface area contributed by atoms with E-state index in [2.05, 4.69) is 5.32 Å². The predicted molar refractivity (Wildman–Crippen MR) is 77.1 cm³/mol. The zero-order valence-electron chi connectivity index (χ0n) is 12.7. The van der Waals surface area contributed by atoms with Crippen molar-refractivity contribution in [3.63, 3.8) is 0 Å². The molecule has 0 fully saturated rings. The monoisotopic (exact) mass is 309 g/mol. The molecule has 1 aromatic rings. The van der Waals surface area contributed by atoms with E-state index < -0.39 is 17.4 Å². The number of carboxylic acid groups (broad SMARTS) is 1. The number of rotatable bonds is 6. The Morgan fingerprint density at radius 3 is 2.73 bits per heavy atom. The quantitative estimate of drug-likeness (QED) is 0.825. The van der Waals surface area contributed by atoms with Crippen molar-refractivity contribution in [3.8, 4) is 17.2 Å². The van der Waals surface area contributed by atoms with E-state index in [0.29, 0.717) is 17.2 Å². The van der Waals surface area contributed by atoms with Crippen LogP contribution in [-0.4, -0.2) is 36.4 Å². The average molecular weight is 309 g/mol. The zero-order chi connectivity index (χ0) is 16.3. The first-order valence-electron chi connectivity index (χ1n) is 6.86. The first-order valence-corrected chi connectivity index (χ1v) is 6.86. The van der Waals surface area contributed by atoms with Crippen molar-refractivity contribution < 1.29 is 28.9 Å². The van der Waals surface area contributed by atoms with E-state index >= 15 is 0 Å². The van der Waals surface area contributed by atoms with Gasteiger partial charge < -0.3 is 24.6 Å². The molecule has 1 aromatic carbocycles. The molecule has 7 heteroatoms. The Morgan fingerprint density at radius 2 is 2.05 bits per heavy atom. The maximum Gasteiger partial charge on any atom is 0.325 e. The van der Waals surface area contributed by atoms with Crippen LogP contribution in [0.15, 0.2) is 18.2 Å². The highest BCUT2D eigenvalue weighted by Crippen LogP contribution is 2.35. The fourth-order valence-electron chi connectivity index (χ4n) is 1.75. The number of carbonyl (C=O) groups is 2. The van der Waals surface area contributed by atoms with Crippen LogP contribution in [0, 0.1) is 5.41 Å². The Labute approximate surface area is 128 Å². The highest BCUT2D eigenvalue weighted by Gasteiger charge is 2.31. The lowest BCUT2D eigenvalue weighted by Gasteiger charge is -2.25. The van der Waals surface area contributed by atoms with Gasteiger partial charge in [0, 0.05) is 6.07 Å². The number of carboxylic acids is 1. The Balaban J connectivity index is 1.94. The Kier molecular flexibility index (Phi) is 4.44. The molecule has 7 nitrogen and oxygen atoms in total. The second kappa shape index (κ2) is 6.13. The molecule has 1 aliphatic heterocycles. The first-order chi connectivity index (χ1) is 10.3. The summed E-state index contributed by atoms with van der Waals surface area (Å²) in [4.78, 5) is 22.9. The minimum Gasteiger partial charge on any atom is -0.492 e. The summed E-state index contributed by atoms with van der Waals surface area (Å²) in [6.07, 6.45) is 0. The fourth-order valence-corrected chi connectivity index (χ4v) is 1.75. The highest BCUT2D eigenvalue weighted by molar-refractivity contribution is 5.86. The third kappa shape index (κ3) is 3.60. The molecule has 1 aliphatic rings. The minimum atomic E-state index is -1.08. The Hall–Kier alpha value is -2.44. The van der Waals surface area contributed by atoms with Crippen LogP contribution in [0.2, 0.25) is 0 Å². The first kappa shape index (κ1) is 15.9. The summed E-state index contributed by atoms with van der Waals surface area (Å²) in [5.74, 6) is 0.333. The third-order valence-corrected chi connectivity index (χ3v) is 3.28. The van der Waals surface area contributed by atoms with E-state index in [0.717, 1.165) is 0 Å². The van der Waals surface area contributed by atoms with E-state index in [1.165, 1.54) is 6.92 Å². The Bertz CT molecular complexity index is 583. The van der Waals surface area contributed by atoms with Gasteiger partial charge in [0.05, 0.1) is 5.41 Å². The molecule has 0 saturated heterocycles. The molecular weight excluding hydrogens is 290 g/mol. The number of hydrogen-bond donors (Lipinski definition) is 2. The van der Waals surface area contributed by atoms with Crippen LogP contribution < -0.4 is 19.5 Å². The predicted octanol–water partition coefficient (Wildman–Crippen LogP) is 1.41. The number of benzene rings is 1. The van der Waals surface area contributed by atoms with Crippen LogP contribution in [-0.2, 0) is 9.59 Å². The van der Waals surface area contributed by atoms with Gasteiger partial charge in [0.2, 0.25) is 12.7 Å². The van der Waals surface area contributed by atoms with Crippen molar-refractivity contribution in [2.75, 3.05) is 13.4 Å². The molecule has 120 valence electrons. The van der Waals surface area contributed by atoms with Gasteiger partial charge in [-0.1, -0.05) is 0 Å². The van der Waals surface area contributed by atoms with Gasteiger partial charge in [-0.2, -0.15) is 0 Å². The zero-order valence-corrected chi connectivity index (χ0v) is 12.7. The smallest absolute Gasteiger partial charge is 0.325 e. The molecule has 0 saturated carbocycles. The number of hydrogen-bond acceptors (Lipinski definition) is 5. The molecule has 1 heterocycles. The number of fused-ring (bicyclic) bond motifs is 1. The minimum absolute atomic E-state index is 0.102. The summed E-state index contributed by atoms with van der Waals surface area (Å²) in [7, 11) is 0. The van der Waals surface area contributed by atoms with Crippen LogP contribution in [0.25, 0.3) is 0 Å². The molecule has 0 bridgehead atoms. The van der Waals surface area contributed by atoms with Crippen LogP contribution in [0.5, 0.6) is 17.2 Å². The molecule has 1 amide bonds. The lowest BCUT2D eigenvalue weighted by Crippen LogP contribution is -2.47. The molecule has 2 N–H and O–H groups in total. The lowest BCUT2D eigenvalue weighted by molar-refractivity contribution is -0.143. The topological polar surface area (TPSA) is 94.1 Å². The molecule has 0 radical (unpaired) electrons. The van der Waals surface area contributed by atoms with E-state index in [-0.39, 0.29) is 19.3 Å². The fraction of sp³-hybridized carbons (Fsp3) is 0.467. The summed E-state index contributed by atoms with van der Waals surface area (Å²) >= 11 is 0. The van der Waals surface area contributed by atoms with Crippen molar-refractivity contribution in [1.82, 2.24) is 5.32 Å². The number of amides is 1. The number of aliphatic carboxylic acids is 1. The standard InChI is InChI=1S/C15H19NO6/c1-9(13(17)18)16-14(19)15(2,3)7-20-10-4-5-11-12(6-10)22-8-21-11/h4-6,9H,7-8H2,1-3H3,(H,16,19)(H,17,18). The van der Waals surface area contributed by atoms with Crippen molar-refractivity contribution in [3.05, 3.63) is 18.2 Å². The van der Waals surface area contributed by atoms with Crippen LogP contribution in [0.1, 0.15) is 20.8 Å². The summed E-state index contributed by atoms with van der Waals surface area (Å²) < 4.78 is 16.1. The average Bonchev–Trinajstić information content (AvgIpc) is 2.92. The van der Waals surface area contributed by atoms with E-state index in [1.54, 1.807) is 32.0 Å².